The number of ether oxygens (including phenoxy) is 1. The predicted octanol–water partition coefficient (Wildman–Crippen LogP) is 0.984. The lowest BCUT2D eigenvalue weighted by atomic mass is 10.3. The van der Waals surface area contributed by atoms with Crippen molar-refractivity contribution in [2.45, 2.75) is 31.7 Å². The smallest absolute Gasteiger partial charge is 0.337 e. The molecule has 1 aliphatic rings. The summed E-state index contributed by atoms with van der Waals surface area (Å²) in [6, 6.07) is 0.792. The Morgan fingerprint density at radius 2 is 2.15 bits per heavy atom. The number of nitrogens with two attached hydrogens (primary N) is 1. The van der Waals surface area contributed by atoms with Gasteiger partial charge < -0.3 is 10.5 Å². The molecule has 0 aromatic carbocycles. The Balaban J connectivity index is 2.22. The molecule has 1 aromatic rings. The van der Waals surface area contributed by atoms with E-state index >= 15 is 0 Å². The molecule has 0 bridgehead atoms. The molecule has 0 atom stereocenters. The fourth-order valence-electron chi connectivity index (χ4n) is 1.82. The van der Waals surface area contributed by atoms with Gasteiger partial charge in [-0.2, -0.15) is 4.98 Å². The van der Waals surface area contributed by atoms with Crippen molar-refractivity contribution in [1.29, 1.82) is 0 Å². The topological polar surface area (TPSA) is 66.0 Å². The van der Waals surface area contributed by atoms with Crippen molar-refractivity contribution in [3.63, 3.8) is 0 Å². The first-order valence-corrected chi connectivity index (χ1v) is 4.57. The normalized spacial score (nSPS) is 17.9. The zero-order valence-corrected chi connectivity index (χ0v) is 7.73. The molecule has 1 aliphatic carbocycles. The Morgan fingerprint density at radius 3 is 2.69 bits per heavy atom. The molecular formula is C8H14N4O. The van der Waals surface area contributed by atoms with Gasteiger partial charge in [0.25, 0.3) is 0 Å². The van der Waals surface area contributed by atoms with E-state index in [1.807, 2.05) is 0 Å². The first kappa shape index (κ1) is 8.34. The molecule has 1 heterocycles. The molecule has 0 spiro atoms. The summed E-state index contributed by atoms with van der Waals surface area (Å²) < 4.78 is 6.70. The van der Waals surface area contributed by atoms with Gasteiger partial charge in [-0.1, -0.05) is 12.8 Å². The third-order valence-corrected chi connectivity index (χ3v) is 2.49. The van der Waals surface area contributed by atoms with Crippen LogP contribution in [0.2, 0.25) is 0 Å². The van der Waals surface area contributed by atoms with E-state index in [0.29, 0.717) is 18.0 Å². The first-order valence-electron chi connectivity index (χ1n) is 4.57. The second-order valence-electron chi connectivity index (χ2n) is 3.34. The van der Waals surface area contributed by atoms with Crippen molar-refractivity contribution in [1.82, 2.24) is 14.8 Å². The van der Waals surface area contributed by atoms with Crippen LogP contribution in [0.15, 0.2) is 0 Å². The van der Waals surface area contributed by atoms with Crippen molar-refractivity contribution in [3.8, 4) is 6.01 Å². The van der Waals surface area contributed by atoms with Gasteiger partial charge in [-0.05, 0) is 12.8 Å². The molecule has 0 aliphatic heterocycles. The van der Waals surface area contributed by atoms with E-state index in [1.165, 1.54) is 12.8 Å². The van der Waals surface area contributed by atoms with E-state index in [1.54, 1.807) is 11.8 Å². The van der Waals surface area contributed by atoms with Crippen molar-refractivity contribution >= 4 is 5.95 Å². The molecule has 1 saturated carbocycles. The highest BCUT2D eigenvalue weighted by Crippen LogP contribution is 2.30. The molecule has 72 valence electrons. The van der Waals surface area contributed by atoms with Crippen LogP contribution in [-0.2, 0) is 0 Å². The number of aromatic nitrogens is 3. The summed E-state index contributed by atoms with van der Waals surface area (Å²) >= 11 is 0. The van der Waals surface area contributed by atoms with Crippen LogP contribution in [0, 0.1) is 0 Å². The molecule has 5 nitrogen and oxygen atoms in total. The molecule has 13 heavy (non-hydrogen) atoms. The highest BCUT2D eigenvalue weighted by molar-refractivity contribution is 5.19. The lowest BCUT2D eigenvalue weighted by Gasteiger charge is -2.08. The number of hydrogen-bond donors (Lipinski definition) is 1. The fraction of sp³-hybridized carbons (Fsp3) is 0.750. The summed E-state index contributed by atoms with van der Waals surface area (Å²) in [5, 5.41) is 4.17. The molecular weight excluding hydrogens is 168 g/mol. The Hall–Kier alpha value is -1.26. The second kappa shape index (κ2) is 3.24. The lowest BCUT2D eigenvalue weighted by Crippen LogP contribution is -2.10. The third kappa shape index (κ3) is 1.46. The van der Waals surface area contributed by atoms with E-state index in [4.69, 9.17) is 10.5 Å². The molecule has 0 amide bonds. The fourth-order valence-corrected chi connectivity index (χ4v) is 1.82. The largest absolute Gasteiger partial charge is 0.466 e. The number of nitrogens with zero attached hydrogens (tertiary/aromatic N) is 3. The number of anilines is 1. The van der Waals surface area contributed by atoms with Gasteiger partial charge in [-0.3, -0.25) is 0 Å². The minimum atomic E-state index is 0.365. The molecule has 1 aromatic heterocycles. The molecule has 2 rings (SSSR count). The van der Waals surface area contributed by atoms with Crippen molar-refractivity contribution in [2.24, 2.45) is 0 Å². The van der Waals surface area contributed by atoms with E-state index in [9.17, 15) is 0 Å². The van der Waals surface area contributed by atoms with Crippen molar-refractivity contribution < 1.29 is 4.74 Å². The Kier molecular flexibility index (Phi) is 2.08. The zero-order chi connectivity index (χ0) is 9.26. The number of rotatable bonds is 2. The summed E-state index contributed by atoms with van der Waals surface area (Å²) in [6.07, 6.45) is 4.81. The number of nitrogen functional groups attached to an aromatic ring is 1. The third-order valence-electron chi connectivity index (χ3n) is 2.49. The van der Waals surface area contributed by atoms with Crippen LogP contribution in [0.25, 0.3) is 0 Å². The summed E-state index contributed by atoms with van der Waals surface area (Å²) in [4.78, 5) is 3.98. The average molecular weight is 182 g/mol. The highest BCUT2D eigenvalue weighted by Gasteiger charge is 2.21. The Bertz CT molecular complexity index is 290. The molecule has 5 heteroatoms. The van der Waals surface area contributed by atoms with E-state index in [0.717, 1.165) is 12.8 Å². The van der Waals surface area contributed by atoms with Gasteiger partial charge in [0.1, 0.15) is 0 Å². The average Bonchev–Trinajstić information content (AvgIpc) is 2.72. The number of hydrogen-bond acceptors (Lipinski definition) is 4. The van der Waals surface area contributed by atoms with Crippen LogP contribution in [0.3, 0.4) is 0 Å². The molecule has 2 N–H and O–H groups in total. The van der Waals surface area contributed by atoms with Crippen LogP contribution in [0.1, 0.15) is 31.7 Å². The van der Waals surface area contributed by atoms with Gasteiger partial charge in [-0.15, -0.1) is 5.10 Å². The Morgan fingerprint density at radius 1 is 1.46 bits per heavy atom. The van der Waals surface area contributed by atoms with Gasteiger partial charge in [0.05, 0.1) is 13.2 Å². The Labute approximate surface area is 76.9 Å². The predicted molar refractivity (Wildman–Crippen MR) is 48.5 cm³/mol. The highest BCUT2D eigenvalue weighted by atomic mass is 16.5. The van der Waals surface area contributed by atoms with Gasteiger partial charge >= 0.3 is 6.01 Å². The van der Waals surface area contributed by atoms with Gasteiger partial charge in [0.15, 0.2) is 0 Å². The maximum atomic E-state index is 5.71. The minimum Gasteiger partial charge on any atom is -0.466 e. The monoisotopic (exact) mass is 182 g/mol. The number of methoxy groups -OCH3 is 1. The lowest BCUT2D eigenvalue weighted by molar-refractivity contribution is 0.367. The summed E-state index contributed by atoms with van der Waals surface area (Å²) in [6.45, 7) is 0. The van der Waals surface area contributed by atoms with E-state index in [-0.39, 0.29) is 0 Å². The molecule has 0 saturated heterocycles. The molecule has 1 fully saturated rings. The maximum Gasteiger partial charge on any atom is 0.337 e. The summed E-state index contributed by atoms with van der Waals surface area (Å²) in [5.74, 6) is 0.462. The van der Waals surface area contributed by atoms with Gasteiger partial charge in [0, 0.05) is 0 Å². The van der Waals surface area contributed by atoms with Crippen LogP contribution in [-0.4, -0.2) is 21.9 Å². The maximum absolute atomic E-state index is 5.71. The van der Waals surface area contributed by atoms with Crippen LogP contribution < -0.4 is 10.5 Å². The standard InChI is InChI=1S/C8H14N4O/c1-13-8-10-7(9)12(11-8)6-4-2-3-5-6/h6H,2-5H2,1H3,(H2,9,10,11). The quantitative estimate of drug-likeness (QED) is 0.740. The zero-order valence-electron chi connectivity index (χ0n) is 7.73. The van der Waals surface area contributed by atoms with Crippen LogP contribution in [0.5, 0.6) is 6.01 Å². The SMILES string of the molecule is COc1nc(N)n(C2CCCC2)n1. The van der Waals surface area contributed by atoms with Gasteiger partial charge in [0.2, 0.25) is 5.95 Å². The second-order valence-corrected chi connectivity index (χ2v) is 3.34. The van der Waals surface area contributed by atoms with E-state index < -0.39 is 0 Å². The van der Waals surface area contributed by atoms with Crippen LogP contribution >= 0.6 is 0 Å². The summed E-state index contributed by atoms with van der Waals surface area (Å²) in [7, 11) is 1.55. The van der Waals surface area contributed by atoms with E-state index in [2.05, 4.69) is 10.1 Å². The summed E-state index contributed by atoms with van der Waals surface area (Å²) in [5.41, 5.74) is 5.71. The van der Waals surface area contributed by atoms with Crippen LogP contribution in [0.4, 0.5) is 5.95 Å². The van der Waals surface area contributed by atoms with Gasteiger partial charge in [-0.25, -0.2) is 4.68 Å². The molecule has 0 radical (unpaired) electrons. The van der Waals surface area contributed by atoms with Crippen molar-refractivity contribution in [2.75, 3.05) is 12.8 Å². The first-order chi connectivity index (χ1) is 6.31. The molecule has 0 unspecified atom stereocenters. The minimum absolute atomic E-state index is 0.365. The van der Waals surface area contributed by atoms with Crippen molar-refractivity contribution in [3.05, 3.63) is 0 Å².